The number of hydrogen-bond donors (Lipinski definition) is 6. The summed E-state index contributed by atoms with van der Waals surface area (Å²) in [5.41, 5.74) is 5.31. The molecule has 0 aliphatic heterocycles. The van der Waals surface area contributed by atoms with E-state index in [-0.39, 0.29) is 11.5 Å². The molecule has 12 heteroatoms. The van der Waals surface area contributed by atoms with Crippen molar-refractivity contribution < 1.29 is 37.8 Å². The van der Waals surface area contributed by atoms with E-state index in [1.807, 2.05) is 0 Å². The van der Waals surface area contributed by atoms with Crippen LogP contribution in [0.25, 0.3) is 0 Å². The van der Waals surface area contributed by atoms with Gasteiger partial charge >= 0.3 is 18.1 Å². The number of thiol groups is 2. The Bertz CT molecular complexity index is 353. The average molecular weight is 338 g/mol. The summed E-state index contributed by atoms with van der Waals surface area (Å²) in [5.74, 6) is -4.22. The Morgan fingerprint density at radius 3 is 1.75 bits per heavy atom. The van der Waals surface area contributed by atoms with Crippen LogP contribution < -0.4 is 11.1 Å². The van der Waals surface area contributed by atoms with E-state index in [1.54, 1.807) is 0 Å². The second-order valence-corrected chi connectivity index (χ2v) is 3.90. The zero-order valence-electron chi connectivity index (χ0n) is 9.79. The highest BCUT2D eigenvalue weighted by Gasteiger charge is 2.38. The molecule has 118 valence electrons. The molecule has 0 unspecified atom stereocenters. The van der Waals surface area contributed by atoms with Crippen molar-refractivity contribution in [1.82, 2.24) is 5.32 Å². The molecule has 0 aromatic rings. The monoisotopic (exact) mass is 338 g/mol. The molecule has 20 heavy (non-hydrogen) atoms. The fourth-order valence-electron chi connectivity index (χ4n) is 0.547. The molecule has 7 nitrogen and oxygen atoms in total. The minimum atomic E-state index is -5.08. The minimum Gasteiger partial charge on any atom is -0.480 e. The summed E-state index contributed by atoms with van der Waals surface area (Å²) in [6.07, 6.45) is -5.08. The summed E-state index contributed by atoms with van der Waals surface area (Å²) in [6.45, 7) is 0. The molecule has 0 aromatic heterocycles. The molecule has 0 saturated heterocycles. The number of nitrogens with two attached hydrogens (primary N) is 1. The van der Waals surface area contributed by atoms with E-state index >= 15 is 0 Å². The number of carboxylic acid groups (broad SMARTS) is 2. The van der Waals surface area contributed by atoms with Gasteiger partial charge in [-0.2, -0.15) is 38.4 Å². The molecule has 5 N–H and O–H groups in total. The van der Waals surface area contributed by atoms with E-state index in [4.69, 9.17) is 20.7 Å². The van der Waals surface area contributed by atoms with Crippen molar-refractivity contribution in [2.75, 3.05) is 11.5 Å². The third kappa shape index (κ3) is 9.75. The average Bonchev–Trinajstić information content (AvgIpc) is 2.33. The molecule has 0 aliphatic carbocycles. The lowest BCUT2D eigenvalue weighted by molar-refractivity contribution is -0.192. The van der Waals surface area contributed by atoms with Crippen LogP contribution in [0.15, 0.2) is 0 Å². The van der Waals surface area contributed by atoms with Gasteiger partial charge in [-0.3, -0.25) is 4.79 Å². The highest BCUT2D eigenvalue weighted by atomic mass is 32.1. The number of aliphatic carboxylic acids is 2. The van der Waals surface area contributed by atoms with Crippen LogP contribution in [-0.4, -0.2) is 57.8 Å². The molecule has 0 bridgehead atoms. The van der Waals surface area contributed by atoms with Crippen molar-refractivity contribution >= 4 is 43.1 Å². The van der Waals surface area contributed by atoms with Gasteiger partial charge in [-0.25, -0.2) is 9.59 Å². The van der Waals surface area contributed by atoms with Gasteiger partial charge in [0, 0.05) is 11.5 Å². The normalized spacial score (nSPS) is 13.5. The van der Waals surface area contributed by atoms with E-state index in [1.165, 1.54) is 0 Å². The van der Waals surface area contributed by atoms with Crippen LogP contribution in [0.5, 0.6) is 0 Å². The second-order valence-electron chi connectivity index (χ2n) is 3.17. The van der Waals surface area contributed by atoms with Crippen LogP contribution in [0.3, 0.4) is 0 Å². The number of alkyl halides is 3. The van der Waals surface area contributed by atoms with Crippen LogP contribution >= 0.6 is 25.3 Å². The Hall–Kier alpha value is -1.14. The number of hydrogen-bond acceptors (Lipinski definition) is 6. The van der Waals surface area contributed by atoms with Gasteiger partial charge in [-0.15, -0.1) is 0 Å². The molecular weight excluding hydrogens is 325 g/mol. The molecule has 1 amide bonds. The van der Waals surface area contributed by atoms with E-state index in [2.05, 4.69) is 30.6 Å². The molecule has 2 atom stereocenters. The molecule has 0 saturated carbocycles. The smallest absolute Gasteiger partial charge is 0.480 e. The Morgan fingerprint density at radius 1 is 1.15 bits per heavy atom. The number of nitrogens with one attached hydrogen (secondary N) is 1. The van der Waals surface area contributed by atoms with Crippen molar-refractivity contribution in [2.45, 2.75) is 18.3 Å². The lowest BCUT2D eigenvalue weighted by Gasteiger charge is -2.14. The second kappa shape index (κ2) is 9.72. The predicted molar refractivity (Wildman–Crippen MR) is 68.9 cm³/mol. The number of amides is 1. The van der Waals surface area contributed by atoms with Crippen molar-refractivity contribution in [3.63, 3.8) is 0 Å². The van der Waals surface area contributed by atoms with Crippen LogP contribution in [0.1, 0.15) is 0 Å². The molecule has 0 aromatic carbocycles. The zero-order valence-corrected chi connectivity index (χ0v) is 11.6. The molecule has 0 aliphatic rings. The van der Waals surface area contributed by atoms with Gasteiger partial charge in [-0.1, -0.05) is 0 Å². The van der Waals surface area contributed by atoms with Gasteiger partial charge in [0.1, 0.15) is 6.04 Å². The van der Waals surface area contributed by atoms with Crippen molar-refractivity contribution in [3.05, 3.63) is 0 Å². The third-order valence-electron chi connectivity index (χ3n) is 1.57. The summed E-state index contributed by atoms with van der Waals surface area (Å²) in [6, 6.07) is -1.79. The summed E-state index contributed by atoms with van der Waals surface area (Å²) in [5, 5.41) is 17.9. The summed E-state index contributed by atoms with van der Waals surface area (Å²) in [4.78, 5) is 30.4. The summed E-state index contributed by atoms with van der Waals surface area (Å²) < 4.78 is 31.7. The van der Waals surface area contributed by atoms with Gasteiger partial charge in [0.2, 0.25) is 5.91 Å². The Labute approximate surface area is 122 Å². The largest absolute Gasteiger partial charge is 0.490 e. The molecule has 0 fully saturated rings. The maximum absolute atomic E-state index is 11.1. The molecule has 0 rings (SSSR count). The van der Waals surface area contributed by atoms with Gasteiger partial charge in [0.25, 0.3) is 0 Å². The van der Waals surface area contributed by atoms with E-state index in [0.29, 0.717) is 0 Å². The lowest BCUT2D eigenvalue weighted by atomic mass is 10.3. The van der Waals surface area contributed by atoms with Crippen molar-refractivity contribution in [3.8, 4) is 0 Å². The number of carboxylic acids is 2. The van der Waals surface area contributed by atoms with Crippen LogP contribution in [0, 0.1) is 0 Å². The minimum absolute atomic E-state index is 0.0281. The fourth-order valence-corrected chi connectivity index (χ4v) is 0.960. The van der Waals surface area contributed by atoms with Gasteiger partial charge in [0.15, 0.2) is 0 Å². The van der Waals surface area contributed by atoms with Crippen molar-refractivity contribution in [2.24, 2.45) is 5.73 Å². The maximum Gasteiger partial charge on any atom is 0.490 e. The fraction of sp³-hybridized carbons (Fsp3) is 0.625. The quantitative estimate of drug-likeness (QED) is 0.371. The molecule has 0 radical (unpaired) electrons. The number of rotatable bonds is 5. The summed E-state index contributed by atoms with van der Waals surface area (Å²) in [7, 11) is 0. The SMILES string of the molecule is N[C@@H](CS)C(=O)N[C@@H](CS)C(=O)O.O=C(O)C(F)(F)F. The standard InChI is InChI=1S/C6H12N2O3S2.C2HF3O2/c7-3(1-12)5(9)8-4(2-13)6(10)11;3-2(4,5)1(6)7/h3-4,12-13H,1-2,7H2,(H,8,9)(H,10,11);(H,6,7)/t3-,4-;/m0./s1. The first-order valence-corrected chi connectivity index (χ1v) is 6.04. The molecular formula is C8H13F3N2O5S2. The maximum atomic E-state index is 11.1. The van der Waals surface area contributed by atoms with E-state index < -0.39 is 36.1 Å². The molecule has 0 heterocycles. The summed E-state index contributed by atoms with van der Waals surface area (Å²) >= 11 is 7.58. The van der Waals surface area contributed by atoms with E-state index in [0.717, 1.165) is 0 Å². The number of carbonyl (C=O) groups excluding carboxylic acids is 1. The highest BCUT2D eigenvalue weighted by molar-refractivity contribution is 7.80. The molecule has 0 spiro atoms. The van der Waals surface area contributed by atoms with Gasteiger partial charge in [-0.05, 0) is 0 Å². The van der Waals surface area contributed by atoms with Crippen LogP contribution in [0.2, 0.25) is 0 Å². The van der Waals surface area contributed by atoms with Crippen molar-refractivity contribution in [1.29, 1.82) is 0 Å². The Balaban J connectivity index is 0. The van der Waals surface area contributed by atoms with Crippen LogP contribution in [0.4, 0.5) is 13.2 Å². The number of halogens is 3. The highest BCUT2D eigenvalue weighted by Crippen LogP contribution is 2.13. The number of carbonyl (C=O) groups is 3. The van der Waals surface area contributed by atoms with Gasteiger partial charge in [0.05, 0.1) is 6.04 Å². The Kier molecular flexibility index (Phi) is 10.3. The first kappa shape index (κ1) is 21.2. The first-order valence-electron chi connectivity index (χ1n) is 4.77. The topological polar surface area (TPSA) is 130 Å². The van der Waals surface area contributed by atoms with Crippen LogP contribution in [-0.2, 0) is 14.4 Å². The van der Waals surface area contributed by atoms with Gasteiger partial charge < -0.3 is 21.3 Å². The third-order valence-corrected chi connectivity index (χ3v) is 2.33. The first-order chi connectivity index (χ1) is 8.97. The predicted octanol–water partition coefficient (Wildman–Crippen LogP) is -0.624. The Morgan fingerprint density at radius 2 is 1.55 bits per heavy atom. The van der Waals surface area contributed by atoms with E-state index in [9.17, 15) is 22.8 Å². The lowest BCUT2D eigenvalue weighted by Crippen LogP contribution is -2.49. The zero-order chi connectivity index (χ0) is 16.5.